The summed E-state index contributed by atoms with van der Waals surface area (Å²) in [7, 11) is 0. The van der Waals surface area contributed by atoms with Crippen molar-refractivity contribution in [2.45, 2.75) is 39.2 Å². The van der Waals surface area contributed by atoms with Gasteiger partial charge in [0.1, 0.15) is 0 Å². The van der Waals surface area contributed by atoms with Crippen molar-refractivity contribution in [3.63, 3.8) is 0 Å². The van der Waals surface area contributed by atoms with E-state index in [4.69, 9.17) is 5.26 Å². The summed E-state index contributed by atoms with van der Waals surface area (Å²) in [4.78, 5) is 4.33. The van der Waals surface area contributed by atoms with Gasteiger partial charge >= 0.3 is 0 Å². The van der Waals surface area contributed by atoms with Gasteiger partial charge in [-0.05, 0) is 6.42 Å². The first kappa shape index (κ1) is 10.7. The monoisotopic (exact) mass is 158 g/mol. The van der Waals surface area contributed by atoms with E-state index >= 15 is 0 Å². The molecule has 0 radical (unpaired) electrons. The van der Waals surface area contributed by atoms with Crippen LogP contribution in [0.5, 0.6) is 0 Å². The molecule has 0 aliphatic rings. The largest absolute Gasteiger partial charge is 0.252 e. The van der Waals surface area contributed by atoms with E-state index in [1.165, 1.54) is 0 Å². The molecule has 66 valence electrons. The van der Waals surface area contributed by atoms with Crippen molar-refractivity contribution in [2.75, 3.05) is 0 Å². The normalized spacial score (nSPS) is 15.9. The predicted molar refractivity (Wildman–Crippen MR) is 46.4 cm³/mol. The summed E-state index contributed by atoms with van der Waals surface area (Å²) >= 11 is 0. The number of unbranched alkanes of at least 4 members (excludes halogenated alkanes) is 1. The van der Waals surface area contributed by atoms with Crippen molar-refractivity contribution in [1.82, 2.24) is 0 Å². The highest BCUT2D eigenvalue weighted by Crippen LogP contribution is 2.14. The van der Waals surface area contributed by atoms with Crippen LogP contribution in [0.4, 0.5) is 0 Å². The second-order valence-corrected chi connectivity index (χ2v) is 2.88. The SMILES string of the molecule is C=C[C@H](C)[C@H](CCCC)OO. The van der Waals surface area contributed by atoms with E-state index in [0.29, 0.717) is 0 Å². The maximum absolute atomic E-state index is 8.51. The molecule has 0 heterocycles. The summed E-state index contributed by atoms with van der Waals surface area (Å²) < 4.78 is 0. The van der Waals surface area contributed by atoms with E-state index in [1.54, 1.807) is 6.08 Å². The standard InChI is InChI=1S/C9H18O2/c1-4-6-7-9(11-10)8(3)5-2/h5,8-10H,2,4,6-7H2,1,3H3/t8-,9-/m0/s1. The van der Waals surface area contributed by atoms with Crippen LogP contribution in [-0.4, -0.2) is 11.4 Å². The van der Waals surface area contributed by atoms with E-state index in [0.717, 1.165) is 19.3 Å². The molecule has 0 aromatic rings. The number of rotatable bonds is 6. The van der Waals surface area contributed by atoms with Crippen LogP contribution >= 0.6 is 0 Å². The van der Waals surface area contributed by atoms with Gasteiger partial charge in [-0.15, -0.1) is 6.58 Å². The Kier molecular flexibility index (Phi) is 6.18. The highest BCUT2D eigenvalue weighted by atomic mass is 17.1. The summed E-state index contributed by atoms with van der Waals surface area (Å²) in [6.45, 7) is 7.75. The topological polar surface area (TPSA) is 29.5 Å². The smallest absolute Gasteiger partial charge is 0.0986 e. The van der Waals surface area contributed by atoms with Crippen molar-refractivity contribution in [2.24, 2.45) is 5.92 Å². The van der Waals surface area contributed by atoms with Crippen molar-refractivity contribution in [1.29, 1.82) is 0 Å². The van der Waals surface area contributed by atoms with Crippen molar-refractivity contribution in [3.8, 4) is 0 Å². The summed E-state index contributed by atoms with van der Waals surface area (Å²) in [5.74, 6) is 0.228. The molecule has 0 fully saturated rings. The zero-order valence-corrected chi connectivity index (χ0v) is 7.42. The average Bonchev–Trinajstić information content (AvgIpc) is 2.05. The maximum Gasteiger partial charge on any atom is 0.0986 e. The van der Waals surface area contributed by atoms with E-state index in [-0.39, 0.29) is 12.0 Å². The molecular weight excluding hydrogens is 140 g/mol. The quantitative estimate of drug-likeness (QED) is 0.366. The van der Waals surface area contributed by atoms with E-state index in [9.17, 15) is 0 Å². The van der Waals surface area contributed by atoms with Crippen LogP contribution in [-0.2, 0) is 4.89 Å². The number of hydrogen-bond acceptors (Lipinski definition) is 2. The van der Waals surface area contributed by atoms with Gasteiger partial charge in [0.25, 0.3) is 0 Å². The molecule has 1 N–H and O–H groups in total. The van der Waals surface area contributed by atoms with E-state index in [1.807, 2.05) is 6.92 Å². The second-order valence-electron chi connectivity index (χ2n) is 2.88. The summed E-state index contributed by atoms with van der Waals surface area (Å²) in [6.07, 6.45) is 4.84. The molecule has 0 aliphatic carbocycles. The highest BCUT2D eigenvalue weighted by Gasteiger charge is 2.13. The summed E-state index contributed by atoms with van der Waals surface area (Å²) in [5, 5.41) is 8.51. The van der Waals surface area contributed by atoms with Gasteiger partial charge in [0.15, 0.2) is 0 Å². The lowest BCUT2D eigenvalue weighted by Crippen LogP contribution is -2.18. The molecule has 0 saturated heterocycles. The molecule has 0 bridgehead atoms. The Hall–Kier alpha value is -0.340. The van der Waals surface area contributed by atoms with Crippen LogP contribution in [0, 0.1) is 5.92 Å². The van der Waals surface area contributed by atoms with Crippen LogP contribution in [0.1, 0.15) is 33.1 Å². The van der Waals surface area contributed by atoms with E-state index < -0.39 is 0 Å². The second kappa shape index (κ2) is 6.38. The van der Waals surface area contributed by atoms with Crippen LogP contribution in [0.3, 0.4) is 0 Å². The zero-order chi connectivity index (χ0) is 8.69. The maximum atomic E-state index is 8.51. The average molecular weight is 158 g/mol. The Labute approximate surface area is 68.8 Å². The molecule has 2 nitrogen and oxygen atoms in total. The van der Waals surface area contributed by atoms with Crippen molar-refractivity contribution in [3.05, 3.63) is 12.7 Å². The Morgan fingerprint density at radius 1 is 1.64 bits per heavy atom. The molecule has 0 spiro atoms. The molecule has 0 aromatic heterocycles. The van der Waals surface area contributed by atoms with Crippen LogP contribution in [0.2, 0.25) is 0 Å². The molecule has 11 heavy (non-hydrogen) atoms. The van der Waals surface area contributed by atoms with Crippen molar-refractivity contribution < 1.29 is 10.1 Å². The van der Waals surface area contributed by atoms with Gasteiger partial charge in [-0.25, -0.2) is 4.89 Å². The predicted octanol–water partition coefficient (Wildman–Crippen LogP) is 2.86. The lowest BCUT2D eigenvalue weighted by atomic mass is 10.0. The number of hydrogen-bond donors (Lipinski definition) is 1. The van der Waals surface area contributed by atoms with Gasteiger partial charge in [0.05, 0.1) is 6.10 Å². The Bertz CT molecular complexity index is 102. The molecule has 0 aromatic carbocycles. The van der Waals surface area contributed by atoms with E-state index in [2.05, 4.69) is 18.4 Å². The van der Waals surface area contributed by atoms with Gasteiger partial charge in [-0.2, -0.15) is 0 Å². The van der Waals surface area contributed by atoms with Gasteiger partial charge in [-0.3, -0.25) is 5.26 Å². The molecule has 2 heteroatoms. The fraction of sp³-hybridized carbons (Fsp3) is 0.778. The third-order valence-electron chi connectivity index (χ3n) is 1.94. The summed E-state index contributed by atoms with van der Waals surface area (Å²) in [5.41, 5.74) is 0. The highest BCUT2D eigenvalue weighted by molar-refractivity contribution is 4.81. The van der Waals surface area contributed by atoms with Crippen molar-refractivity contribution >= 4 is 0 Å². The fourth-order valence-electron chi connectivity index (χ4n) is 0.969. The Balaban J connectivity index is 3.64. The third-order valence-corrected chi connectivity index (χ3v) is 1.94. The molecule has 0 saturated carbocycles. The first-order valence-electron chi connectivity index (χ1n) is 4.19. The molecule has 0 aliphatic heterocycles. The van der Waals surface area contributed by atoms with Gasteiger partial charge in [0.2, 0.25) is 0 Å². The first-order chi connectivity index (χ1) is 5.26. The van der Waals surface area contributed by atoms with Crippen LogP contribution in [0.25, 0.3) is 0 Å². The Morgan fingerprint density at radius 3 is 2.64 bits per heavy atom. The minimum absolute atomic E-state index is 0.0764. The third kappa shape index (κ3) is 4.17. The first-order valence-corrected chi connectivity index (χ1v) is 4.19. The lowest BCUT2D eigenvalue weighted by molar-refractivity contribution is -0.287. The zero-order valence-electron chi connectivity index (χ0n) is 7.42. The fourth-order valence-corrected chi connectivity index (χ4v) is 0.969. The van der Waals surface area contributed by atoms with Crippen LogP contribution in [0.15, 0.2) is 12.7 Å². The summed E-state index contributed by atoms with van der Waals surface area (Å²) in [6, 6.07) is 0. The molecule has 0 rings (SSSR count). The molecule has 0 unspecified atom stereocenters. The Morgan fingerprint density at radius 2 is 2.27 bits per heavy atom. The molecule has 2 atom stereocenters. The molecular formula is C9H18O2. The molecule has 0 amide bonds. The minimum Gasteiger partial charge on any atom is -0.252 e. The minimum atomic E-state index is -0.0764. The van der Waals surface area contributed by atoms with Crippen LogP contribution < -0.4 is 0 Å². The van der Waals surface area contributed by atoms with Gasteiger partial charge in [0, 0.05) is 5.92 Å². The lowest BCUT2D eigenvalue weighted by Gasteiger charge is -2.16. The van der Waals surface area contributed by atoms with Gasteiger partial charge in [-0.1, -0.05) is 32.8 Å². The van der Waals surface area contributed by atoms with Gasteiger partial charge < -0.3 is 0 Å².